The predicted molar refractivity (Wildman–Crippen MR) is 80.1 cm³/mol. The molecule has 0 bridgehead atoms. The zero-order valence-electron chi connectivity index (χ0n) is 11.4. The lowest BCUT2D eigenvalue weighted by molar-refractivity contribution is 0.546. The quantitative estimate of drug-likeness (QED) is 0.835. The molecular weight excluding hydrogens is 257 g/mol. The first-order valence-electron chi connectivity index (χ1n) is 6.72. The molecule has 0 fully saturated rings. The van der Waals surface area contributed by atoms with Crippen LogP contribution < -0.4 is 5.32 Å². The average Bonchev–Trinajstić information content (AvgIpc) is 2.86. The SMILES string of the molecule is CCc1ccsc1CNC(C)Cc1ccc(F)cc1. The Kier molecular flexibility index (Phi) is 5.11. The van der Waals surface area contributed by atoms with E-state index in [9.17, 15) is 4.39 Å². The van der Waals surface area contributed by atoms with Crippen molar-refractivity contribution in [2.75, 3.05) is 0 Å². The van der Waals surface area contributed by atoms with Crippen molar-refractivity contribution < 1.29 is 4.39 Å². The highest BCUT2D eigenvalue weighted by Gasteiger charge is 2.06. The molecular formula is C16H20FNS. The van der Waals surface area contributed by atoms with Crippen LogP contribution in [0.4, 0.5) is 4.39 Å². The van der Waals surface area contributed by atoms with Crippen LogP contribution in [0.15, 0.2) is 35.7 Å². The average molecular weight is 277 g/mol. The third-order valence-corrected chi connectivity index (χ3v) is 4.25. The zero-order chi connectivity index (χ0) is 13.7. The normalized spacial score (nSPS) is 12.6. The number of hydrogen-bond acceptors (Lipinski definition) is 2. The summed E-state index contributed by atoms with van der Waals surface area (Å²) in [5.41, 5.74) is 2.61. The van der Waals surface area contributed by atoms with Gasteiger partial charge < -0.3 is 5.32 Å². The van der Waals surface area contributed by atoms with Crippen molar-refractivity contribution in [2.24, 2.45) is 0 Å². The zero-order valence-corrected chi connectivity index (χ0v) is 12.3. The molecule has 1 aromatic carbocycles. The van der Waals surface area contributed by atoms with Crippen molar-refractivity contribution in [3.8, 4) is 0 Å². The summed E-state index contributed by atoms with van der Waals surface area (Å²) in [6, 6.07) is 9.35. The van der Waals surface area contributed by atoms with Crippen molar-refractivity contribution in [1.29, 1.82) is 0 Å². The Bertz CT molecular complexity index is 504. The topological polar surface area (TPSA) is 12.0 Å². The fraction of sp³-hybridized carbons (Fsp3) is 0.375. The van der Waals surface area contributed by atoms with E-state index in [1.807, 2.05) is 23.5 Å². The molecule has 2 aromatic rings. The van der Waals surface area contributed by atoms with Crippen LogP contribution in [-0.4, -0.2) is 6.04 Å². The van der Waals surface area contributed by atoms with Crippen molar-refractivity contribution in [3.05, 3.63) is 57.5 Å². The van der Waals surface area contributed by atoms with Gasteiger partial charge in [0.05, 0.1) is 0 Å². The van der Waals surface area contributed by atoms with E-state index < -0.39 is 0 Å². The van der Waals surface area contributed by atoms with Crippen LogP contribution in [0.1, 0.15) is 29.9 Å². The predicted octanol–water partition coefficient (Wildman–Crippen LogP) is 4.17. The lowest BCUT2D eigenvalue weighted by Crippen LogP contribution is -2.27. The van der Waals surface area contributed by atoms with Crippen LogP contribution in [0.3, 0.4) is 0 Å². The molecule has 0 saturated heterocycles. The van der Waals surface area contributed by atoms with E-state index >= 15 is 0 Å². The lowest BCUT2D eigenvalue weighted by Gasteiger charge is -2.14. The molecule has 0 aliphatic rings. The minimum atomic E-state index is -0.171. The van der Waals surface area contributed by atoms with Crippen LogP contribution in [0.5, 0.6) is 0 Å². The Morgan fingerprint density at radius 1 is 1.21 bits per heavy atom. The monoisotopic (exact) mass is 277 g/mol. The molecule has 102 valence electrons. The van der Waals surface area contributed by atoms with E-state index in [0.29, 0.717) is 6.04 Å². The molecule has 19 heavy (non-hydrogen) atoms. The van der Waals surface area contributed by atoms with Gasteiger partial charge in [0.1, 0.15) is 5.82 Å². The van der Waals surface area contributed by atoms with Gasteiger partial charge in [-0.25, -0.2) is 4.39 Å². The summed E-state index contributed by atoms with van der Waals surface area (Å²) < 4.78 is 12.8. The van der Waals surface area contributed by atoms with Crippen LogP contribution in [0, 0.1) is 5.82 Å². The molecule has 0 spiro atoms. The van der Waals surface area contributed by atoms with E-state index in [2.05, 4.69) is 30.6 Å². The number of thiophene rings is 1. The van der Waals surface area contributed by atoms with Gasteiger partial charge in [0, 0.05) is 17.5 Å². The highest BCUT2D eigenvalue weighted by molar-refractivity contribution is 7.10. The molecule has 0 saturated carbocycles. The first kappa shape index (κ1) is 14.2. The maximum atomic E-state index is 12.8. The second-order valence-electron chi connectivity index (χ2n) is 4.84. The molecule has 1 aromatic heterocycles. The van der Waals surface area contributed by atoms with E-state index in [0.717, 1.165) is 19.4 Å². The van der Waals surface area contributed by atoms with Crippen molar-refractivity contribution in [2.45, 2.75) is 39.3 Å². The number of hydrogen-bond donors (Lipinski definition) is 1. The lowest BCUT2D eigenvalue weighted by atomic mass is 10.1. The summed E-state index contributed by atoms with van der Waals surface area (Å²) in [5.74, 6) is -0.171. The van der Waals surface area contributed by atoms with Gasteiger partial charge in [-0.2, -0.15) is 0 Å². The van der Waals surface area contributed by atoms with Gasteiger partial charge in [-0.05, 0) is 54.5 Å². The first-order valence-corrected chi connectivity index (χ1v) is 7.60. The molecule has 0 aliphatic heterocycles. The Morgan fingerprint density at radius 2 is 1.95 bits per heavy atom. The van der Waals surface area contributed by atoms with Crippen LogP contribution in [-0.2, 0) is 19.4 Å². The number of benzene rings is 1. The molecule has 2 rings (SSSR count). The summed E-state index contributed by atoms with van der Waals surface area (Å²) in [4.78, 5) is 1.42. The molecule has 1 nitrogen and oxygen atoms in total. The van der Waals surface area contributed by atoms with Crippen molar-refractivity contribution in [3.63, 3.8) is 0 Å². The van der Waals surface area contributed by atoms with Gasteiger partial charge in [-0.3, -0.25) is 0 Å². The van der Waals surface area contributed by atoms with Crippen LogP contribution >= 0.6 is 11.3 Å². The highest BCUT2D eigenvalue weighted by Crippen LogP contribution is 2.17. The standard InChI is InChI=1S/C16H20FNS/c1-3-14-8-9-19-16(14)11-18-12(2)10-13-4-6-15(17)7-5-13/h4-9,12,18H,3,10-11H2,1-2H3. The number of halogens is 1. The Balaban J connectivity index is 1.84. The van der Waals surface area contributed by atoms with E-state index in [1.54, 1.807) is 0 Å². The number of nitrogens with one attached hydrogen (secondary N) is 1. The molecule has 3 heteroatoms. The van der Waals surface area contributed by atoms with E-state index in [-0.39, 0.29) is 5.82 Å². The van der Waals surface area contributed by atoms with Gasteiger partial charge in [0.25, 0.3) is 0 Å². The third-order valence-electron chi connectivity index (χ3n) is 3.28. The Morgan fingerprint density at radius 3 is 2.63 bits per heavy atom. The Labute approximate surface area is 118 Å². The van der Waals surface area contributed by atoms with Gasteiger partial charge in [0.15, 0.2) is 0 Å². The second kappa shape index (κ2) is 6.83. The maximum absolute atomic E-state index is 12.8. The van der Waals surface area contributed by atoms with E-state index in [1.165, 1.54) is 28.1 Å². The van der Waals surface area contributed by atoms with Crippen molar-refractivity contribution >= 4 is 11.3 Å². The summed E-state index contributed by atoms with van der Waals surface area (Å²) in [6.45, 7) is 5.28. The molecule has 0 aliphatic carbocycles. The summed E-state index contributed by atoms with van der Waals surface area (Å²) >= 11 is 1.81. The summed E-state index contributed by atoms with van der Waals surface area (Å²) in [5, 5.41) is 5.69. The van der Waals surface area contributed by atoms with Gasteiger partial charge in [-0.15, -0.1) is 11.3 Å². The van der Waals surface area contributed by atoms with Crippen LogP contribution in [0.25, 0.3) is 0 Å². The largest absolute Gasteiger partial charge is 0.309 e. The minimum Gasteiger partial charge on any atom is -0.309 e. The van der Waals surface area contributed by atoms with Gasteiger partial charge in [0.2, 0.25) is 0 Å². The van der Waals surface area contributed by atoms with Crippen LogP contribution in [0.2, 0.25) is 0 Å². The number of aryl methyl sites for hydroxylation is 1. The molecule has 1 unspecified atom stereocenters. The fourth-order valence-electron chi connectivity index (χ4n) is 2.15. The molecule has 0 radical (unpaired) electrons. The molecule has 1 atom stereocenters. The van der Waals surface area contributed by atoms with E-state index in [4.69, 9.17) is 0 Å². The molecule has 1 N–H and O–H groups in total. The van der Waals surface area contributed by atoms with Gasteiger partial charge >= 0.3 is 0 Å². The molecule has 1 heterocycles. The Hall–Kier alpha value is -1.19. The number of rotatable bonds is 6. The first-order chi connectivity index (χ1) is 9.19. The maximum Gasteiger partial charge on any atom is 0.123 e. The summed E-state index contributed by atoms with van der Waals surface area (Å²) in [6.07, 6.45) is 2.01. The summed E-state index contributed by atoms with van der Waals surface area (Å²) in [7, 11) is 0. The molecule has 0 amide bonds. The third kappa shape index (κ3) is 4.15. The fourth-order valence-corrected chi connectivity index (χ4v) is 3.08. The smallest absolute Gasteiger partial charge is 0.123 e. The van der Waals surface area contributed by atoms with Gasteiger partial charge in [-0.1, -0.05) is 19.1 Å². The second-order valence-corrected chi connectivity index (χ2v) is 5.84. The minimum absolute atomic E-state index is 0.171. The highest BCUT2D eigenvalue weighted by atomic mass is 32.1. The van der Waals surface area contributed by atoms with Crippen molar-refractivity contribution in [1.82, 2.24) is 5.32 Å².